The van der Waals surface area contributed by atoms with Gasteiger partial charge in [-0.05, 0) is 50.2 Å². The Morgan fingerprint density at radius 2 is 1.79 bits per heavy atom. The van der Waals surface area contributed by atoms with Crippen LogP contribution < -0.4 is 5.32 Å². The maximum atomic E-state index is 13.4. The van der Waals surface area contributed by atoms with Gasteiger partial charge in [0, 0.05) is 37.2 Å². The first-order valence-corrected chi connectivity index (χ1v) is 12.0. The van der Waals surface area contributed by atoms with Crippen LogP contribution in [0.15, 0.2) is 59.8 Å². The zero-order valence-corrected chi connectivity index (χ0v) is 19.5. The number of hydrogen-bond acceptors (Lipinski definition) is 4. The van der Waals surface area contributed by atoms with E-state index in [4.69, 9.17) is 4.84 Å². The number of nitrogens with zero attached hydrogens (tertiary/aromatic N) is 2. The minimum absolute atomic E-state index is 0.0236. The molecular formula is C27H33N3O3. The molecule has 1 fully saturated rings. The van der Waals surface area contributed by atoms with Gasteiger partial charge in [0.15, 0.2) is 0 Å². The molecule has 0 aliphatic carbocycles. The molecule has 2 aliphatic heterocycles. The predicted molar refractivity (Wildman–Crippen MR) is 129 cm³/mol. The highest BCUT2D eigenvalue weighted by Gasteiger charge is 2.42. The van der Waals surface area contributed by atoms with Crippen LogP contribution >= 0.6 is 0 Å². The lowest BCUT2D eigenvalue weighted by atomic mass is 9.89. The molecule has 2 aromatic carbocycles. The van der Waals surface area contributed by atoms with E-state index in [2.05, 4.69) is 34.7 Å². The predicted octanol–water partition coefficient (Wildman–Crippen LogP) is 4.19. The Kier molecular flexibility index (Phi) is 7.11. The molecule has 6 heteroatoms. The summed E-state index contributed by atoms with van der Waals surface area (Å²) in [5.41, 5.74) is 2.33. The maximum Gasteiger partial charge on any atom is 0.267 e. The number of carbonyl (C=O) groups is 2. The standard InChI is InChI=1S/C27H33N3O3/c1-3-15-28-26(32)27(2)19-24(29-33-27)22-11-7-8-12-23(22)25(31)30-16-13-21(14-17-30)18-20-9-5-4-6-10-20/h4-12,21H,3,13-19H2,1-2H3,(H,28,32). The highest BCUT2D eigenvalue weighted by Crippen LogP contribution is 2.29. The van der Waals surface area contributed by atoms with Gasteiger partial charge in [-0.3, -0.25) is 9.59 Å². The number of rotatable bonds is 7. The van der Waals surface area contributed by atoms with Crippen LogP contribution in [0, 0.1) is 5.92 Å². The van der Waals surface area contributed by atoms with Crippen molar-refractivity contribution >= 4 is 17.5 Å². The number of hydrogen-bond donors (Lipinski definition) is 1. The summed E-state index contributed by atoms with van der Waals surface area (Å²) in [6.45, 7) is 5.86. The molecule has 1 atom stereocenters. The van der Waals surface area contributed by atoms with Crippen LogP contribution in [0.1, 0.15) is 61.0 Å². The summed E-state index contributed by atoms with van der Waals surface area (Å²) in [5, 5.41) is 7.11. The van der Waals surface area contributed by atoms with Gasteiger partial charge in [-0.2, -0.15) is 0 Å². The molecule has 2 aromatic rings. The summed E-state index contributed by atoms with van der Waals surface area (Å²) in [6, 6.07) is 18.1. The van der Waals surface area contributed by atoms with Crippen LogP contribution in [0.4, 0.5) is 0 Å². The van der Waals surface area contributed by atoms with Crippen LogP contribution in [0.3, 0.4) is 0 Å². The fourth-order valence-electron chi connectivity index (χ4n) is 4.61. The topological polar surface area (TPSA) is 71.0 Å². The van der Waals surface area contributed by atoms with Gasteiger partial charge in [-0.25, -0.2) is 0 Å². The minimum atomic E-state index is -1.05. The maximum absolute atomic E-state index is 13.4. The molecule has 2 amide bonds. The Balaban J connectivity index is 1.41. The van der Waals surface area contributed by atoms with Gasteiger partial charge in [0.1, 0.15) is 0 Å². The number of piperidine rings is 1. The minimum Gasteiger partial charge on any atom is -0.379 e. The molecule has 33 heavy (non-hydrogen) atoms. The normalized spacial score (nSPS) is 20.8. The van der Waals surface area contributed by atoms with Crippen molar-refractivity contribution < 1.29 is 14.4 Å². The van der Waals surface area contributed by atoms with E-state index in [-0.39, 0.29) is 11.8 Å². The molecular weight excluding hydrogens is 414 g/mol. The number of amides is 2. The van der Waals surface area contributed by atoms with Gasteiger partial charge >= 0.3 is 0 Å². The van der Waals surface area contributed by atoms with Crippen molar-refractivity contribution in [1.82, 2.24) is 10.2 Å². The van der Waals surface area contributed by atoms with E-state index in [1.54, 1.807) is 6.92 Å². The number of nitrogens with one attached hydrogen (secondary N) is 1. The highest BCUT2D eigenvalue weighted by molar-refractivity contribution is 6.12. The second-order valence-corrected chi connectivity index (χ2v) is 9.26. The van der Waals surface area contributed by atoms with E-state index in [1.165, 1.54) is 5.56 Å². The zero-order chi connectivity index (χ0) is 23.3. The third-order valence-electron chi connectivity index (χ3n) is 6.62. The monoisotopic (exact) mass is 447 g/mol. The third kappa shape index (κ3) is 5.27. The summed E-state index contributed by atoms with van der Waals surface area (Å²) in [7, 11) is 0. The van der Waals surface area contributed by atoms with Crippen LogP contribution in [0.5, 0.6) is 0 Å². The number of benzene rings is 2. The fourth-order valence-corrected chi connectivity index (χ4v) is 4.61. The molecule has 0 aromatic heterocycles. The van der Waals surface area contributed by atoms with Gasteiger partial charge in [-0.15, -0.1) is 0 Å². The van der Waals surface area contributed by atoms with E-state index < -0.39 is 5.60 Å². The summed E-state index contributed by atoms with van der Waals surface area (Å²) in [5.74, 6) is 0.449. The zero-order valence-electron chi connectivity index (χ0n) is 19.5. The number of likely N-dealkylation sites (tertiary alicyclic amines) is 1. The molecule has 0 saturated carbocycles. The van der Waals surface area contributed by atoms with Crippen LogP contribution in [0.25, 0.3) is 0 Å². The molecule has 2 heterocycles. The first-order chi connectivity index (χ1) is 16.0. The molecule has 174 valence electrons. The van der Waals surface area contributed by atoms with Gasteiger partial charge in [0.25, 0.3) is 11.8 Å². The average Bonchev–Trinajstić information content (AvgIpc) is 3.26. The Morgan fingerprint density at radius 3 is 2.52 bits per heavy atom. The highest BCUT2D eigenvalue weighted by atomic mass is 16.7. The molecule has 4 rings (SSSR count). The van der Waals surface area contributed by atoms with E-state index in [0.29, 0.717) is 30.2 Å². The van der Waals surface area contributed by atoms with E-state index >= 15 is 0 Å². The van der Waals surface area contributed by atoms with Crippen LogP contribution in [-0.2, 0) is 16.1 Å². The van der Waals surface area contributed by atoms with Crippen molar-refractivity contribution in [3.05, 3.63) is 71.3 Å². The number of oxime groups is 1. The molecule has 6 nitrogen and oxygen atoms in total. The largest absolute Gasteiger partial charge is 0.379 e. The molecule has 1 unspecified atom stereocenters. The van der Waals surface area contributed by atoms with Gasteiger partial charge in [-0.1, -0.05) is 60.6 Å². The molecule has 1 saturated heterocycles. The summed E-state index contributed by atoms with van der Waals surface area (Å²) >= 11 is 0. The lowest BCUT2D eigenvalue weighted by molar-refractivity contribution is -0.141. The second-order valence-electron chi connectivity index (χ2n) is 9.26. The van der Waals surface area contributed by atoms with Crippen LogP contribution in [-0.4, -0.2) is 47.7 Å². The van der Waals surface area contributed by atoms with Crippen molar-refractivity contribution in [2.75, 3.05) is 19.6 Å². The molecule has 0 radical (unpaired) electrons. The lowest BCUT2D eigenvalue weighted by Gasteiger charge is -2.32. The van der Waals surface area contributed by atoms with Gasteiger partial charge < -0.3 is 15.1 Å². The third-order valence-corrected chi connectivity index (χ3v) is 6.62. The quantitative estimate of drug-likeness (QED) is 0.692. The molecule has 0 spiro atoms. The van der Waals surface area contributed by atoms with Crippen LogP contribution in [0.2, 0.25) is 0 Å². The summed E-state index contributed by atoms with van der Waals surface area (Å²) < 4.78 is 0. The van der Waals surface area contributed by atoms with E-state index in [9.17, 15) is 9.59 Å². The second kappa shape index (κ2) is 10.2. The first-order valence-electron chi connectivity index (χ1n) is 12.0. The molecule has 0 bridgehead atoms. The van der Waals surface area contributed by atoms with Crippen molar-refractivity contribution in [1.29, 1.82) is 0 Å². The van der Waals surface area contributed by atoms with Crippen molar-refractivity contribution in [3.63, 3.8) is 0 Å². The molecule has 1 N–H and O–H groups in total. The Hall–Kier alpha value is -3.15. The van der Waals surface area contributed by atoms with Crippen molar-refractivity contribution in [2.45, 2.75) is 51.6 Å². The van der Waals surface area contributed by atoms with Crippen molar-refractivity contribution in [2.24, 2.45) is 11.1 Å². The average molecular weight is 448 g/mol. The SMILES string of the molecule is CCCNC(=O)C1(C)CC(c2ccccc2C(=O)N2CCC(Cc3ccccc3)CC2)=NO1. The van der Waals surface area contributed by atoms with E-state index in [0.717, 1.165) is 44.3 Å². The Morgan fingerprint density at radius 1 is 1.09 bits per heavy atom. The van der Waals surface area contributed by atoms with Gasteiger partial charge in [0.2, 0.25) is 5.60 Å². The van der Waals surface area contributed by atoms with Crippen molar-refractivity contribution in [3.8, 4) is 0 Å². The summed E-state index contributed by atoms with van der Waals surface area (Å²) in [4.78, 5) is 33.5. The summed E-state index contributed by atoms with van der Waals surface area (Å²) in [6.07, 6.45) is 4.26. The smallest absolute Gasteiger partial charge is 0.267 e. The van der Waals surface area contributed by atoms with Gasteiger partial charge in [0.05, 0.1) is 5.71 Å². The Labute approximate surface area is 196 Å². The number of carbonyl (C=O) groups excluding carboxylic acids is 2. The Bertz CT molecular complexity index is 1010. The molecule has 2 aliphatic rings. The lowest BCUT2D eigenvalue weighted by Crippen LogP contribution is -2.45. The van der Waals surface area contributed by atoms with E-state index in [1.807, 2.05) is 42.2 Å². The first kappa shape index (κ1) is 23.0. The fraction of sp³-hybridized carbons (Fsp3) is 0.444.